The molecule has 0 heterocycles. The zero-order valence-corrected chi connectivity index (χ0v) is 17.5. The number of amides is 1. The summed E-state index contributed by atoms with van der Waals surface area (Å²) in [5.74, 6) is 0.110. The van der Waals surface area contributed by atoms with Gasteiger partial charge in [0.15, 0.2) is 0 Å². The summed E-state index contributed by atoms with van der Waals surface area (Å²) in [6.07, 6.45) is -6.16. The van der Waals surface area contributed by atoms with Crippen molar-refractivity contribution in [1.29, 1.82) is 0 Å². The van der Waals surface area contributed by atoms with E-state index < -0.39 is 23.9 Å². The van der Waals surface area contributed by atoms with E-state index in [1.165, 1.54) is 12.1 Å². The van der Waals surface area contributed by atoms with Gasteiger partial charge in [0.1, 0.15) is 25.1 Å². The van der Waals surface area contributed by atoms with Crippen LogP contribution in [0.1, 0.15) is 22.6 Å². The van der Waals surface area contributed by atoms with E-state index in [0.29, 0.717) is 0 Å². The maximum Gasteiger partial charge on any atom is 0.416 e. The summed E-state index contributed by atoms with van der Waals surface area (Å²) in [5, 5.41) is 12.5. The highest BCUT2D eigenvalue weighted by atomic mass is 19.4. The Morgan fingerprint density at radius 1 is 0.939 bits per heavy atom. The van der Waals surface area contributed by atoms with Crippen molar-refractivity contribution in [1.82, 2.24) is 5.32 Å². The molecule has 1 aliphatic rings. The Morgan fingerprint density at radius 2 is 1.52 bits per heavy atom. The molecule has 0 aromatic heterocycles. The van der Waals surface area contributed by atoms with Crippen molar-refractivity contribution in [3.8, 4) is 16.9 Å². The van der Waals surface area contributed by atoms with E-state index in [9.17, 15) is 23.1 Å². The summed E-state index contributed by atoms with van der Waals surface area (Å²) in [6, 6.07) is 20.1. The van der Waals surface area contributed by atoms with E-state index in [-0.39, 0.29) is 31.4 Å². The number of rotatable bonds is 7. The summed E-state index contributed by atoms with van der Waals surface area (Å²) in [6.45, 7) is -0.176. The first-order chi connectivity index (χ1) is 15.8. The van der Waals surface area contributed by atoms with Crippen LogP contribution >= 0.6 is 0 Å². The van der Waals surface area contributed by atoms with Crippen LogP contribution < -0.4 is 10.1 Å². The number of hydrogen-bond acceptors (Lipinski definition) is 4. The number of fused-ring (bicyclic) bond motifs is 3. The molecule has 4 rings (SSSR count). The number of halogens is 3. The highest BCUT2D eigenvalue weighted by Crippen LogP contribution is 2.44. The van der Waals surface area contributed by atoms with Gasteiger partial charge in [-0.25, -0.2) is 4.79 Å². The van der Waals surface area contributed by atoms with Gasteiger partial charge in [-0.1, -0.05) is 48.5 Å². The average Bonchev–Trinajstić information content (AvgIpc) is 3.13. The Bertz CT molecular complexity index is 1070. The van der Waals surface area contributed by atoms with Crippen molar-refractivity contribution in [2.45, 2.75) is 18.2 Å². The molecule has 3 aromatic rings. The Kier molecular flexibility index (Phi) is 6.55. The summed E-state index contributed by atoms with van der Waals surface area (Å²) < 4.78 is 48.4. The van der Waals surface area contributed by atoms with Gasteiger partial charge >= 0.3 is 12.3 Å². The van der Waals surface area contributed by atoms with Gasteiger partial charge in [0.25, 0.3) is 0 Å². The van der Waals surface area contributed by atoms with Gasteiger partial charge in [-0.2, -0.15) is 13.2 Å². The fourth-order valence-corrected chi connectivity index (χ4v) is 3.84. The number of aliphatic hydroxyl groups excluding tert-OH is 1. The molecule has 0 saturated carbocycles. The van der Waals surface area contributed by atoms with Gasteiger partial charge in [-0.05, 0) is 46.5 Å². The second-order valence-electron chi connectivity index (χ2n) is 7.69. The number of carbonyl (C=O) groups excluding carboxylic acids is 1. The molecule has 0 bridgehead atoms. The Balaban J connectivity index is 1.24. The van der Waals surface area contributed by atoms with Crippen LogP contribution in [-0.2, 0) is 10.9 Å². The third kappa shape index (κ3) is 5.28. The summed E-state index contributed by atoms with van der Waals surface area (Å²) in [5.41, 5.74) is 3.65. The lowest BCUT2D eigenvalue weighted by Gasteiger charge is -2.16. The van der Waals surface area contributed by atoms with Gasteiger partial charge in [0.2, 0.25) is 0 Å². The molecule has 1 unspecified atom stereocenters. The van der Waals surface area contributed by atoms with Crippen molar-refractivity contribution in [2.75, 3.05) is 19.8 Å². The second kappa shape index (κ2) is 9.54. The molecular weight excluding hydrogens is 435 g/mol. The van der Waals surface area contributed by atoms with E-state index >= 15 is 0 Å². The van der Waals surface area contributed by atoms with Crippen LogP contribution in [0.4, 0.5) is 18.0 Å². The Labute approximate surface area is 188 Å². The minimum absolute atomic E-state index is 0.0731. The molecule has 2 N–H and O–H groups in total. The smallest absolute Gasteiger partial charge is 0.416 e. The van der Waals surface area contributed by atoms with E-state index in [1.807, 2.05) is 48.5 Å². The first-order valence-electron chi connectivity index (χ1n) is 10.4. The second-order valence-corrected chi connectivity index (χ2v) is 7.69. The molecular formula is C25H22F3NO4. The van der Waals surface area contributed by atoms with Crippen LogP contribution in [0.3, 0.4) is 0 Å². The molecule has 172 valence electrons. The fourth-order valence-electron chi connectivity index (χ4n) is 3.84. The van der Waals surface area contributed by atoms with Crippen molar-refractivity contribution < 1.29 is 32.5 Å². The van der Waals surface area contributed by atoms with Gasteiger partial charge in [-0.15, -0.1) is 0 Å². The van der Waals surface area contributed by atoms with Crippen LogP contribution in [0.2, 0.25) is 0 Å². The van der Waals surface area contributed by atoms with Crippen LogP contribution in [0.15, 0.2) is 72.8 Å². The molecule has 8 heteroatoms. The van der Waals surface area contributed by atoms with Crippen LogP contribution in [0, 0.1) is 0 Å². The number of ether oxygens (including phenoxy) is 2. The Morgan fingerprint density at radius 3 is 2.09 bits per heavy atom. The molecule has 33 heavy (non-hydrogen) atoms. The highest BCUT2D eigenvalue weighted by Gasteiger charge is 2.30. The number of nitrogens with one attached hydrogen (secondary N) is 1. The maximum atomic E-state index is 12.6. The minimum atomic E-state index is -4.43. The summed E-state index contributed by atoms with van der Waals surface area (Å²) in [7, 11) is 0. The van der Waals surface area contributed by atoms with Crippen molar-refractivity contribution in [3.05, 3.63) is 89.5 Å². The van der Waals surface area contributed by atoms with Gasteiger partial charge in [-0.3, -0.25) is 0 Å². The Hall–Kier alpha value is -3.52. The highest BCUT2D eigenvalue weighted by molar-refractivity contribution is 5.79. The van der Waals surface area contributed by atoms with Gasteiger partial charge in [0, 0.05) is 5.92 Å². The number of benzene rings is 3. The molecule has 0 radical (unpaired) electrons. The normalized spacial score (nSPS) is 13.7. The molecule has 1 aliphatic carbocycles. The third-order valence-electron chi connectivity index (χ3n) is 5.45. The average molecular weight is 457 g/mol. The van der Waals surface area contributed by atoms with E-state index in [4.69, 9.17) is 9.47 Å². The molecule has 1 atom stereocenters. The van der Waals surface area contributed by atoms with Crippen LogP contribution in [-0.4, -0.2) is 37.1 Å². The largest absolute Gasteiger partial charge is 0.491 e. The number of carbonyl (C=O) groups is 1. The molecule has 3 aromatic carbocycles. The first-order valence-corrected chi connectivity index (χ1v) is 10.4. The van der Waals surface area contributed by atoms with Crippen molar-refractivity contribution in [3.63, 3.8) is 0 Å². The van der Waals surface area contributed by atoms with Crippen molar-refractivity contribution >= 4 is 6.09 Å². The van der Waals surface area contributed by atoms with Crippen LogP contribution in [0.25, 0.3) is 11.1 Å². The van der Waals surface area contributed by atoms with E-state index in [1.54, 1.807) is 0 Å². The van der Waals surface area contributed by atoms with Gasteiger partial charge in [0.05, 0.1) is 12.1 Å². The minimum Gasteiger partial charge on any atom is -0.491 e. The lowest BCUT2D eigenvalue weighted by atomic mass is 9.98. The summed E-state index contributed by atoms with van der Waals surface area (Å²) >= 11 is 0. The monoisotopic (exact) mass is 457 g/mol. The molecule has 5 nitrogen and oxygen atoms in total. The van der Waals surface area contributed by atoms with E-state index in [0.717, 1.165) is 34.4 Å². The lowest BCUT2D eigenvalue weighted by molar-refractivity contribution is -0.137. The van der Waals surface area contributed by atoms with Crippen molar-refractivity contribution in [2.24, 2.45) is 0 Å². The lowest BCUT2D eigenvalue weighted by Crippen LogP contribution is -2.36. The topological polar surface area (TPSA) is 67.8 Å². The summed E-state index contributed by atoms with van der Waals surface area (Å²) in [4.78, 5) is 12.1. The molecule has 1 amide bonds. The van der Waals surface area contributed by atoms with E-state index in [2.05, 4.69) is 5.32 Å². The predicted molar refractivity (Wildman–Crippen MR) is 116 cm³/mol. The predicted octanol–water partition coefficient (Wildman–Crippen LogP) is 4.98. The molecule has 0 spiro atoms. The number of alkyl halides is 3. The number of alkyl carbamates (subject to hydrolysis) is 1. The molecule has 0 aliphatic heterocycles. The SMILES string of the molecule is O=C(NCC(O)COc1ccc(C(F)(F)F)cc1)OCC1c2ccccc2-c2ccccc21. The fraction of sp³-hybridized carbons (Fsp3) is 0.240. The third-order valence-corrected chi connectivity index (χ3v) is 5.45. The quantitative estimate of drug-likeness (QED) is 0.525. The molecule has 0 fully saturated rings. The standard InChI is InChI=1S/C25H22F3NO4/c26-25(27,28)16-9-11-18(12-10-16)32-14-17(30)13-29-24(31)33-15-23-21-7-3-1-5-19(21)20-6-2-4-8-22(20)23/h1-12,17,23,30H,13-15H2,(H,29,31). The maximum absolute atomic E-state index is 12.6. The van der Waals surface area contributed by atoms with Crippen LogP contribution in [0.5, 0.6) is 5.75 Å². The van der Waals surface area contributed by atoms with Gasteiger partial charge < -0.3 is 19.9 Å². The molecule has 0 saturated heterocycles. The number of aliphatic hydroxyl groups is 1. The first kappa shape index (κ1) is 22.7. The number of hydrogen-bond donors (Lipinski definition) is 2. The zero-order valence-electron chi connectivity index (χ0n) is 17.5. The zero-order chi connectivity index (χ0) is 23.4.